The van der Waals surface area contributed by atoms with Crippen molar-refractivity contribution in [3.05, 3.63) is 48.0 Å². The molecule has 1 aromatic carbocycles. The highest BCUT2D eigenvalue weighted by Crippen LogP contribution is 2.24. The predicted molar refractivity (Wildman–Crippen MR) is 76.3 cm³/mol. The minimum Gasteiger partial charge on any atom is -0.497 e. The lowest BCUT2D eigenvalue weighted by Crippen LogP contribution is -2.17. The SMILES string of the molecule is CC[C@@H](N)c1cncn1C(C)c1ccc(OC)cc1. The first-order valence-corrected chi connectivity index (χ1v) is 6.58. The Balaban J connectivity index is 2.28. The first kappa shape index (κ1) is 13.6. The van der Waals surface area contributed by atoms with Gasteiger partial charge in [0.2, 0.25) is 0 Å². The van der Waals surface area contributed by atoms with Crippen LogP contribution in [0.3, 0.4) is 0 Å². The zero-order chi connectivity index (χ0) is 13.8. The van der Waals surface area contributed by atoms with Crippen LogP contribution in [0.4, 0.5) is 0 Å². The summed E-state index contributed by atoms with van der Waals surface area (Å²) in [5, 5.41) is 0. The first-order chi connectivity index (χ1) is 9.17. The topological polar surface area (TPSA) is 53.1 Å². The molecular weight excluding hydrogens is 238 g/mol. The molecule has 0 amide bonds. The van der Waals surface area contributed by atoms with Crippen molar-refractivity contribution in [1.29, 1.82) is 0 Å². The Morgan fingerprint density at radius 3 is 2.58 bits per heavy atom. The Bertz CT molecular complexity index is 518. The minimum absolute atomic E-state index is 0.0307. The average molecular weight is 259 g/mol. The second-order valence-electron chi connectivity index (χ2n) is 4.69. The van der Waals surface area contributed by atoms with Crippen LogP contribution in [0, 0.1) is 0 Å². The summed E-state index contributed by atoms with van der Waals surface area (Å²) in [5.41, 5.74) is 8.41. The van der Waals surface area contributed by atoms with Crippen LogP contribution in [0.1, 0.15) is 43.6 Å². The van der Waals surface area contributed by atoms with Gasteiger partial charge in [-0.2, -0.15) is 0 Å². The molecule has 2 rings (SSSR count). The van der Waals surface area contributed by atoms with Gasteiger partial charge in [0.25, 0.3) is 0 Å². The largest absolute Gasteiger partial charge is 0.497 e. The molecule has 0 aliphatic heterocycles. The van der Waals surface area contributed by atoms with E-state index in [1.54, 1.807) is 7.11 Å². The molecule has 1 unspecified atom stereocenters. The van der Waals surface area contributed by atoms with E-state index in [-0.39, 0.29) is 12.1 Å². The summed E-state index contributed by atoms with van der Waals surface area (Å²) >= 11 is 0. The van der Waals surface area contributed by atoms with E-state index >= 15 is 0 Å². The standard InChI is InChI=1S/C15H21N3O/c1-4-14(16)15-9-17-10-18(15)11(2)12-5-7-13(19-3)8-6-12/h5-11,14H,4,16H2,1-3H3/t11?,14-/m1/s1. The van der Waals surface area contributed by atoms with E-state index in [2.05, 4.69) is 35.5 Å². The monoisotopic (exact) mass is 259 g/mol. The first-order valence-electron chi connectivity index (χ1n) is 6.58. The van der Waals surface area contributed by atoms with Gasteiger partial charge in [-0.15, -0.1) is 0 Å². The number of ether oxygens (including phenoxy) is 1. The van der Waals surface area contributed by atoms with Crippen LogP contribution < -0.4 is 10.5 Å². The number of methoxy groups -OCH3 is 1. The smallest absolute Gasteiger partial charge is 0.118 e. The number of aromatic nitrogens is 2. The predicted octanol–water partition coefficient (Wildman–Crippen LogP) is 2.91. The van der Waals surface area contributed by atoms with Gasteiger partial charge in [0.05, 0.1) is 25.2 Å². The van der Waals surface area contributed by atoms with Gasteiger partial charge in [0.15, 0.2) is 0 Å². The molecule has 0 aliphatic carbocycles. The van der Waals surface area contributed by atoms with Crippen LogP contribution in [-0.4, -0.2) is 16.7 Å². The van der Waals surface area contributed by atoms with E-state index in [4.69, 9.17) is 10.5 Å². The lowest BCUT2D eigenvalue weighted by atomic mass is 10.1. The molecule has 2 aromatic rings. The number of imidazole rings is 1. The molecular formula is C15H21N3O. The van der Waals surface area contributed by atoms with Gasteiger partial charge in [-0.05, 0) is 31.0 Å². The van der Waals surface area contributed by atoms with Gasteiger partial charge in [-0.3, -0.25) is 0 Å². The summed E-state index contributed by atoms with van der Waals surface area (Å²) < 4.78 is 7.31. The van der Waals surface area contributed by atoms with Crippen molar-refractivity contribution in [2.24, 2.45) is 5.73 Å². The van der Waals surface area contributed by atoms with Crippen molar-refractivity contribution >= 4 is 0 Å². The molecule has 2 atom stereocenters. The molecule has 0 radical (unpaired) electrons. The van der Waals surface area contributed by atoms with Crippen molar-refractivity contribution in [2.75, 3.05) is 7.11 Å². The molecule has 4 heteroatoms. The normalized spacial score (nSPS) is 14.1. The fourth-order valence-electron chi connectivity index (χ4n) is 2.18. The zero-order valence-corrected chi connectivity index (χ0v) is 11.7. The number of benzene rings is 1. The molecule has 2 N–H and O–H groups in total. The second kappa shape index (κ2) is 5.89. The fraction of sp³-hybridized carbons (Fsp3) is 0.400. The number of nitrogens with zero attached hydrogens (tertiary/aromatic N) is 2. The van der Waals surface area contributed by atoms with Crippen LogP contribution in [0.2, 0.25) is 0 Å². The molecule has 19 heavy (non-hydrogen) atoms. The van der Waals surface area contributed by atoms with Crippen molar-refractivity contribution in [1.82, 2.24) is 9.55 Å². The molecule has 102 valence electrons. The molecule has 0 saturated carbocycles. The van der Waals surface area contributed by atoms with Crippen molar-refractivity contribution in [2.45, 2.75) is 32.4 Å². The molecule has 0 saturated heterocycles. The number of rotatable bonds is 5. The summed E-state index contributed by atoms with van der Waals surface area (Å²) in [6.07, 6.45) is 4.61. The molecule has 0 fully saturated rings. The molecule has 0 spiro atoms. The summed E-state index contributed by atoms with van der Waals surface area (Å²) in [4.78, 5) is 4.23. The summed E-state index contributed by atoms with van der Waals surface area (Å²) in [6.45, 7) is 4.23. The Morgan fingerprint density at radius 1 is 1.32 bits per heavy atom. The second-order valence-corrected chi connectivity index (χ2v) is 4.69. The maximum Gasteiger partial charge on any atom is 0.118 e. The summed E-state index contributed by atoms with van der Waals surface area (Å²) in [7, 11) is 1.67. The Labute approximate surface area is 114 Å². The molecule has 0 bridgehead atoms. The van der Waals surface area contributed by atoms with Gasteiger partial charge >= 0.3 is 0 Å². The highest BCUT2D eigenvalue weighted by atomic mass is 16.5. The van der Waals surface area contributed by atoms with E-state index < -0.39 is 0 Å². The molecule has 0 aliphatic rings. The van der Waals surface area contributed by atoms with E-state index in [1.165, 1.54) is 5.56 Å². The van der Waals surface area contributed by atoms with Gasteiger partial charge in [0, 0.05) is 12.2 Å². The van der Waals surface area contributed by atoms with E-state index in [9.17, 15) is 0 Å². The fourth-order valence-corrected chi connectivity index (χ4v) is 2.18. The quantitative estimate of drug-likeness (QED) is 0.898. The van der Waals surface area contributed by atoms with E-state index in [0.29, 0.717) is 0 Å². The number of hydrogen-bond acceptors (Lipinski definition) is 3. The highest BCUT2D eigenvalue weighted by Gasteiger charge is 2.15. The van der Waals surface area contributed by atoms with Gasteiger partial charge in [0.1, 0.15) is 5.75 Å². The third-order valence-electron chi connectivity index (χ3n) is 3.53. The van der Waals surface area contributed by atoms with Crippen molar-refractivity contribution in [3.8, 4) is 5.75 Å². The van der Waals surface area contributed by atoms with Crippen LogP contribution in [0.15, 0.2) is 36.8 Å². The maximum atomic E-state index is 6.12. The Morgan fingerprint density at radius 2 is 2.00 bits per heavy atom. The third kappa shape index (κ3) is 2.79. The summed E-state index contributed by atoms with van der Waals surface area (Å²) in [5.74, 6) is 0.868. The lowest BCUT2D eigenvalue weighted by Gasteiger charge is -2.20. The van der Waals surface area contributed by atoms with Gasteiger partial charge < -0.3 is 15.0 Å². The van der Waals surface area contributed by atoms with Crippen LogP contribution >= 0.6 is 0 Å². The number of hydrogen-bond donors (Lipinski definition) is 1. The van der Waals surface area contributed by atoms with Crippen molar-refractivity contribution < 1.29 is 4.74 Å². The third-order valence-corrected chi connectivity index (χ3v) is 3.53. The highest BCUT2D eigenvalue weighted by molar-refractivity contribution is 5.29. The summed E-state index contributed by atoms with van der Waals surface area (Å²) in [6, 6.07) is 8.34. The van der Waals surface area contributed by atoms with E-state index in [1.807, 2.05) is 24.7 Å². The van der Waals surface area contributed by atoms with E-state index in [0.717, 1.165) is 17.9 Å². The number of nitrogens with two attached hydrogens (primary N) is 1. The Hall–Kier alpha value is -1.81. The van der Waals surface area contributed by atoms with Crippen LogP contribution in [0.25, 0.3) is 0 Å². The van der Waals surface area contributed by atoms with Crippen LogP contribution in [0.5, 0.6) is 5.75 Å². The lowest BCUT2D eigenvalue weighted by molar-refractivity contribution is 0.414. The Kier molecular flexibility index (Phi) is 4.22. The average Bonchev–Trinajstić information content (AvgIpc) is 2.95. The van der Waals surface area contributed by atoms with Crippen molar-refractivity contribution in [3.63, 3.8) is 0 Å². The van der Waals surface area contributed by atoms with Gasteiger partial charge in [-0.25, -0.2) is 4.98 Å². The van der Waals surface area contributed by atoms with Crippen LogP contribution in [-0.2, 0) is 0 Å². The molecule has 1 aromatic heterocycles. The zero-order valence-electron chi connectivity index (χ0n) is 11.7. The maximum absolute atomic E-state index is 6.12. The molecule has 1 heterocycles. The molecule has 4 nitrogen and oxygen atoms in total. The van der Waals surface area contributed by atoms with Gasteiger partial charge in [-0.1, -0.05) is 19.1 Å². The minimum atomic E-state index is 0.0307.